The fraction of sp³-hybridized carbons (Fsp3) is 0.674. The second-order valence-electron chi connectivity index (χ2n) is 18.2. The molecular formula is C46H78N12O9. The van der Waals surface area contributed by atoms with Crippen LogP contribution in [0, 0.1) is 17.8 Å². The van der Waals surface area contributed by atoms with Gasteiger partial charge in [0.2, 0.25) is 41.4 Å². The van der Waals surface area contributed by atoms with Crippen LogP contribution in [0.5, 0.6) is 0 Å². The number of aliphatic carboxylic acids is 1. The van der Waals surface area contributed by atoms with Crippen LogP contribution >= 0.6 is 0 Å². The molecule has 376 valence electrons. The smallest absolute Gasteiger partial charge is 0.326 e. The summed E-state index contributed by atoms with van der Waals surface area (Å²) in [6.45, 7) is 13.0. The maximum absolute atomic E-state index is 14.1. The number of nitrogens with two attached hydrogens (primary N) is 4. The Morgan fingerprint density at radius 1 is 0.746 bits per heavy atom. The summed E-state index contributed by atoms with van der Waals surface area (Å²) in [4.78, 5) is 114. The van der Waals surface area contributed by atoms with Gasteiger partial charge in [-0.2, -0.15) is 0 Å². The summed E-state index contributed by atoms with van der Waals surface area (Å²) in [6.07, 6.45) is 3.62. The second kappa shape index (κ2) is 29.0. The Kier molecular flexibility index (Phi) is 24.8. The quantitative estimate of drug-likeness (QED) is 0.0274. The zero-order chi connectivity index (χ0) is 50.4. The molecule has 0 aromatic heterocycles. The lowest BCUT2D eigenvalue weighted by molar-refractivity contribution is -0.142. The van der Waals surface area contributed by atoms with Crippen LogP contribution in [0.3, 0.4) is 0 Å². The number of hydrogen-bond donors (Lipinski definition) is 11. The molecule has 21 nitrogen and oxygen atoms in total. The van der Waals surface area contributed by atoms with Crippen LogP contribution in [0.4, 0.5) is 0 Å². The number of carboxylic acid groups (broad SMARTS) is 1. The highest BCUT2D eigenvalue weighted by atomic mass is 16.4. The normalized spacial score (nSPS) is 17.1. The van der Waals surface area contributed by atoms with Crippen molar-refractivity contribution in [1.82, 2.24) is 36.8 Å². The molecule has 1 aromatic rings. The van der Waals surface area contributed by atoms with Gasteiger partial charge < -0.3 is 64.8 Å². The fourth-order valence-corrected chi connectivity index (χ4v) is 7.61. The maximum Gasteiger partial charge on any atom is 0.326 e. The Labute approximate surface area is 394 Å². The first-order valence-corrected chi connectivity index (χ1v) is 23.5. The van der Waals surface area contributed by atoms with Crippen molar-refractivity contribution in [3.05, 3.63) is 35.9 Å². The van der Waals surface area contributed by atoms with Gasteiger partial charge in [0.25, 0.3) is 0 Å². The highest BCUT2D eigenvalue weighted by molar-refractivity contribution is 5.97. The number of carbonyl (C=O) groups excluding carboxylic acids is 7. The van der Waals surface area contributed by atoms with Crippen molar-refractivity contribution >= 4 is 53.3 Å². The van der Waals surface area contributed by atoms with E-state index in [-0.39, 0.29) is 50.0 Å². The number of unbranched alkanes of at least 4 members (excludes halogenated alkanes) is 1. The average Bonchev–Trinajstić information content (AvgIpc) is 3.77. The van der Waals surface area contributed by atoms with E-state index >= 15 is 0 Å². The number of amides is 7. The number of nitrogens with zero attached hydrogens (tertiary/aromatic N) is 2. The summed E-state index contributed by atoms with van der Waals surface area (Å²) in [7, 11) is 0. The van der Waals surface area contributed by atoms with E-state index in [2.05, 4.69) is 36.9 Å². The zero-order valence-electron chi connectivity index (χ0n) is 40.3. The third-order valence-electron chi connectivity index (χ3n) is 11.7. The number of guanidine groups is 1. The van der Waals surface area contributed by atoms with Gasteiger partial charge in [-0.25, -0.2) is 4.79 Å². The molecule has 0 spiro atoms. The van der Waals surface area contributed by atoms with Crippen LogP contribution in [-0.4, -0.2) is 131 Å². The largest absolute Gasteiger partial charge is 0.480 e. The van der Waals surface area contributed by atoms with Gasteiger partial charge in [-0.3, -0.25) is 38.6 Å². The first kappa shape index (κ1) is 57.3. The molecular weight excluding hydrogens is 865 g/mol. The van der Waals surface area contributed by atoms with Gasteiger partial charge in [0.1, 0.15) is 42.3 Å². The van der Waals surface area contributed by atoms with Crippen LogP contribution in [0.15, 0.2) is 35.3 Å². The Morgan fingerprint density at radius 2 is 1.34 bits per heavy atom. The number of carboxylic acids is 1. The number of rotatable bonds is 29. The molecule has 1 fully saturated rings. The minimum atomic E-state index is -1.28. The number of benzene rings is 1. The molecule has 1 aliphatic rings. The average molecular weight is 943 g/mol. The van der Waals surface area contributed by atoms with Crippen LogP contribution < -0.4 is 54.8 Å². The number of likely N-dealkylation sites (tertiary alicyclic amines) is 1. The number of nitrogens with one attached hydrogen (secondary N) is 6. The van der Waals surface area contributed by atoms with E-state index in [0.717, 1.165) is 0 Å². The van der Waals surface area contributed by atoms with E-state index in [1.54, 1.807) is 51.1 Å². The lowest BCUT2D eigenvalue weighted by Gasteiger charge is -2.30. The van der Waals surface area contributed by atoms with E-state index in [1.807, 2.05) is 20.8 Å². The minimum Gasteiger partial charge on any atom is -0.480 e. The molecule has 9 atom stereocenters. The summed E-state index contributed by atoms with van der Waals surface area (Å²) in [6, 6.07) is 0.000945. The highest BCUT2D eigenvalue weighted by Gasteiger charge is 2.38. The summed E-state index contributed by atoms with van der Waals surface area (Å²) < 4.78 is 0. The Bertz CT molecular complexity index is 1830. The molecule has 1 aliphatic heterocycles. The van der Waals surface area contributed by atoms with Crippen molar-refractivity contribution in [3.63, 3.8) is 0 Å². The fourth-order valence-electron chi connectivity index (χ4n) is 7.61. The van der Waals surface area contributed by atoms with Gasteiger partial charge in [0, 0.05) is 19.5 Å². The van der Waals surface area contributed by atoms with E-state index in [4.69, 9.17) is 22.9 Å². The van der Waals surface area contributed by atoms with E-state index in [1.165, 1.54) is 11.8 Å². The predicted molar refractivity (Wildman–Crippen MR) is 254 cm³/mol. The predicted octanol–water partition coefficient (Wildman–Crippen LogP) is -0.509. The standard InChI is InChI=1S/C46H78N12O9/c1-8-28(6)37(43(64)56-36(27(4)5)42(63)55-34(45(66)67)25-30-16-10-9-11-17-30)57-40(61)33(24-26(2)3)54-39(60)32(19-14-22-51-46(49)50)53-38(59)29(7)52-41(62)35-20-15-23-58(35)44(65)31(48)18-12-13-21-47/h9-11,16-17,26-29,31-37H,8,12-15,18-25,47-48H2,1-7H3,(H,52,62)(H,53,59)(H,54,60)(H,55,63)(H,56,64)(H,57,61)(H,66,67)(H4,49,50,51)/t28-,29-,31-,32-,33-,34-,35-,36-,37-/m0/s1. The third-order valence-corrected chi connectivity index (χ3v) is 11.7. The lowest BCUT2D eigenvalue weighted by atomic mass is 9.95. The lowest BCUT2D eigenvalue weighted by Crippen LogP contribution is -2.61. The van der Waals surface area contributed by atoms with Gasteiger partial charge in [-0.15, -0.1) is 0 Å². The summed E-state index contributed by atoms with van der Waals surface area (Å²) in [5.41, 5.74) is 23.4. The first-order valence-electron chi connectivity index (χ1n) is 23.5. The zero-order valence-corrected chi connectivity index (χ0v) is 40.3. The number of hydrogen-bond acceptors (Lipinski definition) is 11. The minimum absolute atomic E-state index is 0.0146. The highest BCUT2D eigenvalue weighted by Crippen LogP contribution is 2.20. The summed E-state index contributed by atoms with van der Waals surface area (Å²) in [5.74, 6) is -6.89. The molecule has 0 aliphatic carbocycles. The van der Waals surface area contributed by atoms with E-state index < -0.39 is 102 Å². The molecule has 2 rings (SSSR count). The second-order valence-corrected chi connectivity index (χ2v) is 18.2. The van der Waals surface area contributed by atoms with Crippen molar-refractivity contribution in [3.8, 4) is 0 Å². The molecule has 15 N–H and O–H groups in total. The molecule has 1 aromatic carbocycles. The van der Waals surface area contributed by atoms with Gasteiger partial charge in [0.05, 0.1) is 6.04 Å². The molecule has 1 saturated heterocycles. The summed E-state index contributed by atoms with van der Waals surface area (Å²) in [5, 5.41) is 26.1. The van der Waals surface area contributed by atoms with Crippen molar-refractivity contribution in [2.45, 2.75) is 161 Å². The molecule has 0 unspecified atom stereocenters. The molecule has 0 saturated carbocycles. The van der Waals surface area contributed by atoms with Crippen LogP contribution in [0.25, 0.3) is 0 Å². The van der Waals surface area contributed by atoms with Gasteiger partial charge in [-0.1, -0.05) is 84.7 Å². The van der Waals surface area contributed by atoms with Gasteiger partial charge in [0.15, 0.2) is 5.96 Å². The topological polar surface area (TPSA) is 349 Å². The van der Waals surface area contributed by atoms with Crippen molar-refractivity contribution in [2.75, 3.05) is 19.6 Å². The number of carbonyl (C=O) groups is 8. The molecule has 7 amide bonds. The van der Waals surface area contributed by atoms with E-state index in [9.17, 15) is 43.5 Å². The molecule has 21 heteroatoms. The molecule has 1 heterocycles. The van der Waals surface area contributed by atoms with Crippen LogP contribution in [0.1, 0.15) is 112 Å². The monoisotopic (exact) mass is 943 g/mol. The van der Waals surface area contributed by atoms with Crippen LogP contribution in [-0.2, 0) is 44.8 Å². The van der Waals surface area contributed by atoms with Crippen LogP contribution in [0.2, 0.25) is 0 Å². The maximum atomic E-state index is 14.1. The third kappa shape index (κ3) is 19.5. The molecule has 0 radical (unpaired) electrons. The molecule has 67 heavy (non-hydrogen) atoms. The van der Waals surface area contributed by atoms with Crippen molar-refractivity contribution in [2.24, 2.45) is 45.7 Å². The Hall–Kier alpha value is -5.83. The Balaban J connectivity index is 2.27. The van der Waals surface area contributed by atoms with Crippen molar-refractivity contribution in [1.29, 1.82) is 0 Å². The molecule has 0 bridgehead atoms. The summed E-state index contributed by atoms with van der Waals surface area (Å²) >= 11 is 0. The Morgan fingerprint density at radius 3 is 1.93 bits per heavy atom. The SMILES string of the molecule is CC[C@H](C)[C@H](NC(=O)[C@H](CC(C)C)NC(=O)[C@H](CCCN=C(N)N)NC(=O)[C@H](C)NC(=O)[C@@H]1CCCN1C(=O)[C@@H](N)CCCCN)C(=O)N[C@H](C(=O)N[C@@H](Cc1ccccc1)C(=O)O)C(C)C. The van der Waals surface area contributed by atoms with Gasteiger partial charge in [-0.05, 0) is 81.7 Å². The first-order chi connectivity index (χ1) is 31.6. The van der Waals surface area contributed by atoms with Crippen molar-refractivity contribution < 1.29 is 43.5 Å². The number of aliphatic imine (C=N–C) groups is 1. The van der Waals surface area contributed by atoms with Gasteiger partial charge >= 0.3 is 5.97 Å². The van der Waals surface area contributed by atoms with E-state index in [0.29, 0.717) is 57.2 Å².